The van der Waals surface area contributed by atoms with Crippen molar-refractivity contribution in [1.29, 1.82) is 0 Å². The van der Waals surface area contributed by atoms with Gasteiger partial charge in [-0.15, -0.1) is 0 Å². The van der Waals surface area contributed by atoms with Crippen molar-refractivity contribution in [3.05, 3.63) is 17.7 Å². The molecule has 2 aliphatic rings. The number of rotatable bonds is 0. The molecule has 0 atom stereocenters. The predicted octanol–water partition coefficient (Wildman–Crippen LogP) is -0.682. The van der Waals surface area contributed by atoms with Gasteiger partial charge in [0.2, 0.25) is 0 Å². The molecule has 0 aromatic heterocycles. The third kappa shape index (κ3) is 0.837. The molecule has 0 spiro atoms. The molecule has 1 fully saturated rings. The zero-order valence-corrected chi connectivity index (χ0v) is 5.55. The minimum Gasteiger partial charge on any atom is -0.513 e. The molecular formula is C5H6N4O2. The summed E-state index contributed by atoms with van der Waals surface area (Å²) in [5.74, 6) is -1.52. The first-order valence-corrected chi connectivity index (χ1v) is 3.07. The Bertz CT molecular complexity index is 264. The molecule has 6 heteroatoms. The van der Waals surface area contributed by atoms with E-state index in [1.807, 2.05) is 0 Å². The maximum absolute atomic E-state index is 9.06. The van der Waals surface area contributed by atoms with Crippen molar-refractivity contribution in [3.8, 4) is 0 Å². The topological polar surface area (TPSA) is 82.3 Å². The van der Waals surface area contributed by atoms with E-state index in [0.29, 0.717) is 5.84 Å². The normalized spacial score (nSPS) is 31.8. The third-order valence-corrected chi connectivity index (χ3v) is 1.43. The second-order valence-electron chi connectivity index (χ2n) is 2.28. The van der Waals surface area contributed by atoms with Gasteiger partial charge in [-0.25, -0.2) is 0 Å². The number of aliphatic hydroxyl groups is 2. The summed E-state index contributed by atoms with van der Waals surface area (Å²) < 4.78 is 1.01. The molecule has 0 saturated carbocycles. The van der Waals surface area contributed by atoms with Gasteiger partial charge in [0.1, 0.15) is 0 Å². The van der Waals surface area contributed by atoms with Crippen LogP contribution in [0.25, 0.3) is 5.43 Å². The van der Waals surface area contributed by atoms with Crippen LogP contribution >= 0.6 is 0 Å². The minimum absolute atomic E-state index is 0.0140. The Morgan fingerprint density at radius 2 is 2.45 bits per heavy atom. The van der Waals surface area contributed by atoms with Crippen LogP contribution in [-0.2, 0) is 0 Å². The Morgan fingerprint density at radius 1 is 1.64 bits per heavy atom. The van der Waals surface area contributed by atoms with Gasteiger partial charge in [-0.1, -0.05) is 0 Å². The first-order chi connectivity index (χ1) is 5.20. The number of hydrogen-bond donors (Lipinski definition) is 2. The van der Waals surface area contributed by atoms with E-state index in [0.717, 1.165) is 4.68 Å². The summed E-state index contributed by atoms with van der Waals surface area (Å²) in [6, 6.07) is 0. The summed E-state index contributed by atoms with van der Waals surface area (Å²) in [5.41, 5.74) is 3.70. The molecule has 1 saturated heterocycles. The van der Waals surface area contributed by atoms with Gasteiger partial charge in [0, 0.05) is 0 Å². The molecule has 0 radical (unpaired) electrons. The number of nitrogens with zero attached hydrogens (tertiary/aromatic N) is 4. The molecule has 2 aliphatic heterocycles. The SMILES string of the molecule is OC1(O)C[N-]/[N+]1=C1\C=CN=N1. The summed E-state index contributed by atoms with van der Waals surface area (Å²) >= 11 is 0. The molecular weight excluding hydrogens is 148 g/mol. The van der Waals surface area contributed by atoms with Gasteiger partial charge < -0.3 is 15.6 Å². The highest BCUT2D eigenvalue weighted by atomic mass is 16.5. The van der Waals surface area contributed by atoms with Gasteiger partial charge in [-0.3, -0.25) is 4.68 Å². The van der Waals surface area contributed by atoms with Gasteiger partial charge in [0.15, 0.2) is 0 Å². The van der Waals surface area contributed by atoms with E-state index < -0.39 is 5.91 Å². The highest BCUT2D eigenvalue weighted by Crippen LogP contribution is 2.22. The summed E-state index contributed by atoms with van der Waals surface area (Å²) in [6.07, 6.45) is 3.00. The van der Waals surface area contributed by atoms with Crippen molar-refractivity contribution in [3.63, 3.8) is 0 Å². The fourth-order valence-electron chi connectivity index (χ4n) is 0.863. The summed E-state index contributed by atoms with van der Waals surface area (Å²) in [5, 5.41) is 25.2. The van der Waals surface area contributed by atoms with Crippen LogP contribution in [0.15, 0.2) is 22.5 Å². The van der Waals surface area contributed by atoms with Crippen molar-refractivity contribution in [2.24, 2.45) is 10.2 Å². The zero-order valence-electron chi connectivity index (χ0n) is 5.55. The van der Waals surface area contributed by atoms with Crippen LogP contribution in [0.2, 0.25) is 0 Å². The predicted molar refractivity (Wildman–Crippen MR) is 34.7 cm³/mol. The lowest BCUT2D eigenvalue weighted by Crippen LogP contribution is -2.54. The lowest BCUT2D eigenvalue weighted by atomic mass is 10.4. The Balaban J connectivity index is 2.34. The van der Waals surface area contributed by atoms with Crippen LogP contribution in [0.5, 0.6) is 0 Å². The fourth-order valence-corrected chi connectivity index (χ4v) is 0.863. The van der Waals surface area contributed by atoms with E-state index in [9.17, 15) is 0 Å². The molecule has 0 amide bonds. The monoisotopic (exact) mass is 154 g/mol. The van der Waals surface area contributed by atoms with Gasteiger partial charge >= 0.3 is 5.84 Å². The Hall–Kier alpha value is -1.27. The van der Waals surface area contributed by atoms with Crippen molar-refractivity contribution in [2.45, 2.75) is 5.91 Å². The average molecular weight is 154 g/mol. The number of azo groups is 1. The first-order valence-electron chi connectivity index (χ1n) is 3.07. The summed E-state index contributed by atoms with van der Waals surface area (Å²) in [6.45, 7) is -0.0140. The Kier molecular flexibility index (Phi) is 1.09. The Morgan fingerprint density at radius 3 is 2.82 bits per heavy atom. The smallest absolute Gasteiger partial charge is 0.342 e. The molecule has 0 aliphatic carbocycles. The number of amidine groups is 1. The molecule has 2 N–H and O–H groups in total. The van der Waals surface area contributed by atoms with Crippen LogP contribution in [-0.4, -0.2) is 33.2 Å². The van der Waals surface area contributed by atoms with E-state index >= 15 is 0 Å². The molecule has 2 rings (SSSR count). The highest BCUT2D eigenvalue weighted by molar-refractivity contribution is 5.90. The average Bonchev–Trinajstić information content (AvgIpc) is 2.38. The van der Waals surface area contributed by atoms with E-state index in [2.05, 4.69) is 15.7 Å². The van der Waals surface area contributed by atoms with Crippen LogP contribution in [0.3, 0.4) is 0 Å². The third-order valence-electron chi connectivity index (χ3n) is 1.43. The molecule has 0 aromatic carbocycles. The molecule has 58 valence electrons. The largest absolute Gasteiger partial charge is 0.513 e. The van der Waals surface area contributed by atoms with Gasteiger partial charge in [-0.2, -0.15) is 0 Å². The van der Waals surface area contributed by atoms with Crippen LogP contribution in [0.1, 0.15) is 0 Å². The molecule has 11 heavy (non-hydrogen) atoms. The highest BCUT2D eigenvalue weighted by Gasteiger charge is 2.36. The summed E-state index contributed by atoms with van der Waals surface area (Å²) in [4.78, 5) is 0. The maximum Gasteiger partial charge on any atom is 0.342 e. The molecule has 0 unspecified atom stereocenters. The fraction of sp³-hybridized carbons (Fsp3) is 0.400. The van der Waals surface area contributed by atoms with Crippen molar-refractivity contribution < 1.29 is 14.9 Å². The Labute approximate surface area is 62.2 Å². The molecule has 0 aromatic rings. The van der Waals surface area contributed by atoms with Crippen LogP contribution in [0, 0.1) is 0 Å². The molecule has 0 bridgehead atoms. The van der Waals surface area contributed by atoms with E-state index in [1.54, 1.807) is 6.08 Å². The van der Waals surface area contributed by atoms with Gasteiger partial charge in [0.05, 0.1) is 17.4 Å². The van der Waals surface area contributed by atoms with Crippen molar-refractivity contribution >= 4 is 5.84 Å². The second-order valence-corrected chi connectivity index (χ2v) is 2.28. The van der Waals surface area contributed by atoms with Crippen LogP contribution < -0.4 is 0 Å². The van der Waals surface area contributed by atoms with Crippen molar-refractivity contribution in [2.75, 3.05) is 6.54 Å². The lowest BCUT2D eigenvalue weighted by Gasteiger charge is -2.44. The maximum atomic E-state index is 9.06. The molecule has 2 heterocycles. The van der Waals surface area contributed by atoms with Gasteiger partial charge in [-0.05, 0) is 11.7 Å². The molecule has 6 nitrogen and oxygen atoms in total. The van der Waals surface area contributed by atoms with Gasteiger partial charge in [0.25, 0.3) is 5.91 Å². The second kappa shape index (κ2) is 1.86. The minimum atomic E-state index is -1.87. The quantitative estimate of drug-likeness (QED) is 0.358. The van der Waals surface area contributed by atoms with E-state index in [4.69, 9.17) is 10.2 Å². The van der Waals surface area contributed by atoms with E-state index in [1.165, 1.54) is 6.20 Å². The summed E-state index contributed by atoms with van der Waals surface area (Å²) in [7, 11) is 0. The van der Waals surface area contributed by atoms with E-state index in [-0.39, 0.29) is 6.54 Å². The standard InChI is InChI=1S/C5H6N4O2/c10-5(11)3-7-9(5)4-1-2-6-8-4/h1-2,10-11H,3H2/b9-4+. The van der Waals surface area contributed by atoms with Crippen molar-refractivity contribution in [1.82, 2.24) is 0 Å². The zero-order chi connectivity index (χ0) is 7.90. The number of hydrogen-bond acceptors (Lipinski definition) is 3. The first kappa shape index (κ1) is 6.44. The lowest BCUT2D eigenvalue weighted by molar-refractivity contribution is -0.723. The van der Waals surface area contributed by atoms with Crippen LogP contribution in [0.4, 0.5) is 0 Å².